The van der Waals surface area contributed by atoms with Gasteiger partial charge in [0, 0.05) is 11.3 Å². The average molecular weight is 287 g/mol. The fourth-order valence-corrected chi connectivity index (χ4v) is 4.78. The van der Waals surface area contributed by atoms with Crippen LogP contribution in [0.5, 0.6) is 0 Å². The van der Waals surface area contributed by atoms with Crippen molar-refractivity contribution in [3.63, 3.8) is 0 Å². The lowest BCUT2D eigenvalue weighted by atomic mass is 10.0. The van der Waals surface area contributed by atoms with E-state index in [1.165, 1.54) is 27.9 Å². The fraction of sp³-hybridized carbons (Fsp3) is 0.667. The van der Waals surface area contributed by atoms with Crippen LogP contribution in [-0.2, 0) is 6.42 Å². The third kappa shape index (κ3) is 1.90. The zero-order chi connectivity index (χ0) is 10.4. The van der Waals surface area contributed by atoms with Crippen LogP contribution in [0.3, 0.4) is 0 Å². The maximum absolute atomic E-state index is 10.1. The van der Waals surface area contributed by atoms with Crippen LogP contribution in [0.1, 0.15) is 24.1 Å². The smallest absolute Gasteiger partial charge is 0.0701 e. The quantitative estimate of drug-likeness (QED) is 0.902. The van der Waals surface area contributed by atoms with E-state index in [1.807, 2.05) is 0 Å². The minimum absolute atomic E-state index is 0.0918. The summed E-state index contributed by atoms with van der Waals surface area (Å²) in [6, 6.07) is 4.19. The van der Waals surface area contributed by atoms with Gasteiger partial charge in [0.25, 0.3) is 0 Å². The zero-order valence-corrected chi connectivity index (χ0v) is 10.9. The Bertz CT molecular complexity index is 352. The molecular weight excluding hydrogens is 272 g/mol. The Labute approximate surface area is 103 Å². The molecule has 3 rings (SSSR count). The van der Waals surface area contributed by atoms with Crippen LogP contribution < -0.4 is 0 Å². The number of aliphatic hydroxyl groups is 1. The summed E-state index contributed by atoms with van der Waals surface area (Å²) in [5.41, 5.74) is 0. The van der Waals surface area contributed by atoms with Crippen molar-refractivity contribution in [1.82, 2.24) is 0 Å². The van der Waals surface area contributed by atoms with Crippen molar-refractivity contribution in [3.05, 3.63) is 20.8 Å². The highest BCUT2D eigenvalue weighted by atomic mass is 79.9. The van der Waals surface area contributed by atoms with Crippen LogP contribution in [-0.4, -0.2) is 11.2 Å². The van der Waals surface area contributed by atoms with Crippen molar-refractivity contribution in [2.45, 2.75) is 31.8 Å². The number of thiophene rings is 1. The molecule has 3 atom stereocenters. The van der Waals surface area contributed by atoms with Crippen molar-refractivity contribution < 1.29 is 5.11 Å². The van der Waals surface area contributed by atoms with Gasteiger partial charge in [-0.15, -0.1) is 11.3 Å². The molecular formula is C12H15BrOS. The molecule has 0 aromatic carbocycles. The summed E-state index contributed by atoms with van der Waals surface area (Å²) in [6.45, 7) is 0. The lowest BCUT2D eigenvalue weighted by molar-refractivity contribution is 0.136. The maximum atomic E-state index is 10.1. The van der Waals surface area contributed by atoms with E-state index >= 15 is 0 Å². The molecule has 82 valence electrons. The average Bonchev–Trinajstić information content (AvgIpc) is 2.60. The number of halogens is 1. The van der Waals surface area contributed by atoms with E-state index in [2.05, 4.69) is 28.1 Å². The fourth-order valence-electron chi connectivity index (χ4n) is 3.25. The second-order valence-corrected chi connectivity index (χ2v) is 7.36. The minimum atomic E-state index is -0.0918. The van der Waals surface area contributed by atoms with E-state index in [4.69, 9.17) is 0 Å². The topological polar surface area (TPSA) is 20.2 Å². The van der Waals surface area contributed by atoms with Crippen LogP contribution in [0.4, 0.5) is 0 Å². The molecule has 1 heterocycles. The molecule has 1 aromatic heterocycles. The summed E-state index contributed by atoms with van der Waals surface area (Å²) in [5.74, 6) is 2.35. The van der Waals surface area contributed by atoms with Gasteiger partial charge in [-0.1, -0.05) is 6.42 Å². The van der Waals surface area contributed by atoms with Crippen molar-refractivity contribution in [2.75, 3.05) is 0 Å². The van der Waals surface area contributed by atoms with Gasteiger partial charge in [-0.3, -0.25) is 0 Å². The van der Waals surface area contributed by atoms with Gasteiger partial charge in [0.05, 0.1) is 9.89 Å². The molecule has 3 heteroatoms. The van der Waals surface area contributed by atoms with Gasteiger partial charge in [0.1, 0.15) is 0 Å². The lowest BCUT2D eigenvalue weighted by Crippen LogP contribution is -2.15. The van der Waals surface area contributed by atoms with Gasteiger partial charge in [0.15, 0.2) is 0 Å². The number of hydrogen-bond donors (Lipinski definition) is 1. The summed E-state index contributed by atoms with van der Waals surface area (Å²) in [6.07, 6.45) is 4.88. The van der Waals surface area contributed by atoms with E-state index in [1.54, 1.807) is 11.3 Å². The number of aliphatic hydroxyl groups excluding tert-OH is 1. The molecule has 1 aromatic rings. The third-order valence-corrected chi connectivity index (χ3v) is 5.60. The van der Waals surface area contributed by atoms with Gasteiger partial charge in [-0.2, -0.15) is 0 Å². The highest BCUT2D eigenvalue weighted by Crippen LogP contribution is 2.59. The standard InChI is InChI=1S/C12H15BrOS/c13-11-5-4-7(15-11)6-10(14)12-8-2-1-3-9(8)12/h4-5,8-10,12,14H,1-3,6H2. The first-order valence-electron chi connectivity index (χ1n) is 5.68. The van der Waals surface area contributed by atoms with Crippen molar-refractivity contribution in [2.24, 2.45) is 17.8 Å². The van der Waals surface area contributed by atoms with Crippen molar-refractivity contribution in [1.29, 1.82) is 0 Å². The first-order valence-corrected chi connectivity index (χ1v) is 7.29. The Morgan fingerprint density at radius 2 is 2.13 bits per heavy atom. The van der Waals surface area contributed by atoms with E-state index in [9.17, 15) is 5.11 Å². The second kappa shape index (κ2) is 3.86. The second-order valence-electron chi connectivity index (χ2n) is 4.81. The first-order chi connectivity index (χ1) is 7.25. The number of fused-ring (bicyclic) bond motifs is 1. The number of rotatable bonds is 3. The van der Waals surface area contributed by atoms with Crippen LogP contribution in [0.25, 0.3) is 0 Å². The third-order valence-electron chi connectivity index (χ3n) is 3.96. The van der Waals surface area contributed by atoms with Crippen LogP contribution >= 0.6 is 27.3 Å². The number of hydrogen-bond acceptors (Lipinski definition) is 2. The molecule has 3 unspecified atom stereocenters. The van der Waals surface area contributed by atoms with Crippen LogP contribution in [0.2, 0.25) is 0 Å². The summed E-state index contributed by atoms with van der Waals surface area (Å²) in [4.78, 5) is 1.30. The summed E-state index contributed by atoms with van der Waals surface area (Å²) < 4.78 is 1.17. The summed E-state index contributed by atoms with van der Waals surface area (Å²) >= 11 is 5.21. The minimum Gasteiger partial charge on any atom is -0.392 e. The molecule has 2 saturated carbocycles. The first kappa shape index (κ1) is 10.3. The molecule has 1 nitrogen and oxygen atoms in total. The zero-order valence-electron chi connectivity index (χ0n) is 8.53. The van der Waals surface area contributed by atoms with Crippen LogP contribution in [0, 0.1) is 17.8 Å². The van der Waals surface area contributed by atoms with Gasteiger partial charge < -0.3 is 5.11 Å². The predicted molar refractivity (Wildman–Crippen MR) is 66.1 cm³/mol. The van der Waals surface area contributed by atoms with Crippen molar-refractivity contribution >= 4 is 27.3 Å². The lowest BCUT2D eigenvalue weighted by Gasteiger charge is -2.10. The predicted octanol–water partition coefficient (Wildman–Crippen LogP) is 3.46. The Morgan fingerprint density at radius 1 is 1.40 bits per heavy atom. The molecule has 2 aliphatic carbocycles. The van der Waals surface area contributed by atoms with Gasteiger partial charge in [-0.25, -0.2) is 0 Å². The molecule has 15 heavy (non-hydrogen) atoms. The van der Waals surface area contributed by atoms with E-state index < -0.39 is 0 Å². The molecule has 1 N–H and O–H groups in total. The summed E-state index contributed by atoms with van der Waals surface area (Å²) in [7, 11) is 0. The molecule has 0 saturated heterocycles. The van der Waals surface area contributed by atoms with Gasteiger partial charge >= 0.3 is 0 Å². The largest absolute Gasteiger partial charge is 0.392 e. The molecule has 0 radical (unpaired) electrons. The molecule has 0 aliphatic heterocycles. The molecule has 2 aliphatic rings. The van der Waals surface area contributed by atoms with Crippen LogP contribution in [0.15, 0.2) is 15.9 Å². The monoisotopic (exact) mass is 286 g/mol. The highest BCUT2D eigenvalue weighted by molar-refractivity contribution is 9.11. The molecule has 0 spiro atoms. The Hall–Kier alpha value is 0.140. The van der Waals surface area contributed by atoms with E-state index in [-0.39, 0.29) is 6.10 Å². The van der Waals surface area contributed by atoms with Gasteiger partial charge in [-0.05, 0) is 58.7 Å². The Kier molecular flexibility index (Phi) is 2.65. The molecule has 2 fully saturated rings. The van der Waals surface area contributed by atoms with E-state index in [0.717, 1.165) is 18.3 Å². The SMILES string of the molecule is OC(Cc1ccc(Br)s1)C1C2CCCC21. The Balaban J connectivity index is 1.60. The van der Waals surface area contributed by atoms with Crippen molar-refractivity contribution in [3.8, 4) is 0 Å². The van der Waals surface area contributed by atoms with E-state index in [0.29, 0.717) is 5.92 Å². The molecule has 0 bridgehead atoms. The summed E-state index contributed by atoms with van der Waals surface area (Å²) in [5, 5.41) is 10.1. The maximum Gasteiger partial charge on any atom is 0.0701 e. The Morgan fingerprint density at radius 3 is 2.73 bits per heavy atom. The normalized spacial score (nSPS) is 35.2. The molecule has 0 amide bonds. The van der Waals surface area contributed by atoms with Gasteiger partial charge in [0.2, 0.25) is 0 Å². The highest BCUT2D eigenvalue weighted by Gasteiger charge is 2.55.